The van der Waals surface area contributed by atoms with E-state index in [4.69, 9.17) is 0 Å². The lowest BCUT2D eigenvalue weighted by atomic mass is 9.92. The maximum atomic E-state index is 11.5. The molecule has 0 saturated heterocycles. The quantitative estimate of drug-likeness (QED) is 0.521. The largest absolute Gasteiger partial charge is 0.384 e. The van der Waals surface area contributed by atoms with E-state index in [0.717, 1.165) is 28.6 Å². The summed E-state index contributed by atoms with van der Waals surface area (Å²) in [4.78, 5) is 22.1. The number of hydrogen-bond acceptors (Lipinski definition) is 3. The van der Waals surface area contributed by atoms with Crippen LogP contribution in [0.4, 0.5) is 5.69 Å². The van der Waals surface area contributed by atoms with E-state index in [1.165, 1.54) is 0 Å². The van der Waals surface area contributed by atoms with Crippen LogP contribution < -0.4 is 5.32 Å². The van der Waals surface area contributed by atoms with Gasteiger partial charge in [-0.05, 0) is 23.6 Å². The second-order valence-electron chi connectivity index (χ2n) is 3.77. The molecule has 0 radical (unpaired) electrons. The highest BCUT2D eigenvalue weighted by molar-refractivity contribution is 9.09. The number of carbonyl (C=O) groups is 2. The molecule has 3 nitrogen and oxygen atoms in total. The molecule has 16 heavy (non-hydrogen) atoms. The highest BCUT2D eigenvalue weighted by Crippen LogP contribution is 2.34. The number of nitrogens with one attached hydrogen (secondary N) is 1. The molecular formula is C12H12BrNO2. The number of benzene rings is 1. The van der Waals surface area contributed by atoms with Gasteiger partial charge in [-0.1, -0.05) is 28.1 Å². The summed E-state index contributed by atoms with van der Waals surface area (Å²) in [7, 11) is 0. The number of rotatable bonds is 4. The minimum absolute atomic E-state index is 0.303. The molecule has 84 valence electrons. The third-order valence-corrected chi connectivity index (χ3v) is 3.26. The van der Waals surface area contributed by atoms with E-state index in [1.807, 2.05) is 18.2 Å². The zero-order chi connectivity index (χ0) is 11.5. The predicted octanol–water partition coefficient (Wildman–Crippen LogP) is 1.90. The average molecular weight is 282 g/mol. The molecule has 1 unspecified atom stereocenters. The van der Waals surface area contributed by atoms with Crippen molar-refractivity contribution in [3.8, 4) is 0 Å². The molecule has 1 aromatic carbocycles. The fourth-order valence-electron chi connectivity index (χ4n) is 2.14. The molecule has 0 saturated carbocycles. The van der Waals surface area contributed by atoms with E-state index in [2.05, 4.69) is 21.2 Å². The summed E-state index contributed by atoms with van der Waals surface area (Å²) in [6, 6.07) is 5.93. The Morgan fingerprint density at radius 2 is 2.38 bits per heavy atom. The summed E-state index contributed by atoms with van der Waals surface area (Å²) >= 11 is 3.39. The summed E-state index contributed by atoms with van der Waals surface area (Å²) in [5, 5.41) is 4.02. The molecule has 4 heteroatoms. The summed E-state index contributed by atoms with van der Waals surface area (Å²) in [6.45, 7) is 0.534. The Bertz CT molecular complexity index is 431. The fraction of sp³-hybridized carbons (Fsp3) is 0.333. The number of aryl methyl sites for hydroxylation is 1. The van der Waals surface area contributed by atoms with Crippen LogP contribution in [0.2, 0.25) is 0 Å². The van der Waals surface area contributed by atoms with Crippen LogP contribution in [0.3, 0.4) is 0 Å². The first-order valence-corrected chi connectivity index (χ1v) is 6.30. The normalized spacial score (nSPS) is 17.7. The number of Topliss-reactive ketones (excluding diaryl/α,β-unsaturated/α-hetero) is 1. The maximum Gasteiger partial charge on any atom is 0.204 e. The Balaban J connectivity index is 2.42. The molecule has 0 spiro atoms. The molecule has 1 aromatic rings. The monoisotopic (exact) mass is 281 g/mol. The molecule has 1 N–H and O–H groups in total. The number of anilines is 1. The maximum absolute atomic E-state index is 11.5. The van der Waals surface area contributed by atoms with Crippen LogP contribution >= 0.6 is 15.9 Å². The van der Waals surface area contributed by atoms with Crippen molar-refractivity contribution in [3.63, 3.8) is 0 Å². The first kappa shape index (κ1) is 11.3. The molecule has 0 fully saturated rings. The van der Waals surface area contributed by atoms with E-state index in [-0.39, 0.29) is 11.7 Å². The molecule has 0 amide bonds. The van der Waals surface area contributed by atoms with Crippen molar-refractivity contribution >= 4 is 33.7 Å². The number of alkyl halides is 1. The SMILES string of the molecule is O=CC(=O)C1CNc2cccc(CCBr)c21. The van der Waals surface area contributed by atoms with E-state index < -0.39 is 0 Å². The standard InChI is InChI=1S/C12H12BrNO2/c13-5-4-8-2-1-3-10-12(8)9(6-14-10)11(16)7-15/h1-3,7,9,14H,4-6H2. The van der Waals surface area contributed by atoms with E-state index in [9.17, 15) is 9.59 Å². The lowest BCUT2D eigenvalue weighted by molar-refractivity contribution is -0.130. The van der Waals surface area contributed by atoms with Crippen molar-refractivity contribution in [1.82, 2.24) is 0 Å². The fourth-order valence-corrected chi connectivity index (χ4v) is 2.56. The van der Waals surface area contributed by atoms with Crippen LogP contribution in [-0.4, -0.2) is 23.9 Å². The van der Waals surface area contributed by atoms with Gasteiger partial charge in [0.2, 0.25) is 5.78 Å². The number of carbonyl (C=O) groups excluding carboxylic acids is 2. The van der Waals surface area contributed by atoms with Crippen molar-refractivity contribution in [2.75, 3.05) is 17.2 Å². The second-order valence-corrected chi connectivity index (χ2v) is 4.56. The van der Waals surface area contributed by atoms with Crippen molar-refractivity contribution in [2.24, 2.45) is 0 Å². The summed E-state index contributed by atoms with van der Waals surface area (Å²) in [5.74, 6) is -0.643. The van der Waals surface area contributed by atoms with Gasteiger partial charge >= 0.3 is 0 Å². The summed E-state index contributed by atoms with van der Waals surface area (Å²) in [6.07, 6.45) is 1.29. The molecule has 1 heterocycles. The van der Waals surface area contributed by atoms with E-state index in [1.54, 1.807) is 0 Å². The zero-order valence-corrected chi connectivity index (χ0v) is 10.3. The first-order chi connectivity index (χ1) is 7.77. The summed E-state index contributed by atoms with van der Waals surface area (Å²) in [5.41, 5.74) is 3.12. The molecule has 1 aliphatic rings. The lowest BCUT2D eigenvalue weighted by Crippen LogP contribution is -2.16. The Hall–Kier alpha value is -1.16. The van der Waals surface area contributed by atoms with Crippen LogP contribution in [0.15, 0.2) is 18.2 Å². The third-order valence-electron chi connectivity index (χ3n) is 2.86. The van der Waals surface area contributed by atoms with Gasteiger partial charge in [0.25, 0.3) is 0 Å². The lowest BCUT2D eigenvalue weighted by Gasteiger charge is -2.10. The molecule has 1 aliphatic heterocycles. The van der Waals surface area contributed by atoms with E-state index in [0.29, 0.717) is 12.8 Å². The highest BCUT2D eigenvalue weighted by Gasteiger charge is 2.29. The van der Waals surface area contributed by atoms with Gasteiger partial charge in [0.05, 0.1) is 5.92 Å². The molecule has 1 atom stereocenters. The molecule has 0 aliphatic carbocycles. The zero-order valence-electron chi connectivity index (χ0n) is 8.70. The Morgan fingerprint density at radius 3 is 3.06 bits per heavy atom. The number of fused-ring (bicyclic) bond motifs is 1. The van der Waals surface area contributed by atoms with Gasteiger partial charge in [-0.25, -0.2) is 0 Å². The molecule has 0 bridgehead atoms. The second kappa shape index (κ2) is 4.78. The van der Waals surface area contributed by atoms with Crippen LogP contribution in [0.1, 0.15) is 17.0 Å². The van der Waals surface area contributed by atoms with Gasteiger partial charge in [-0.3, -0.25) is 9.59 Å². The van der Waals surface area contributed by atoms with Crippen molar-refractivity contribution in [1.29, 1.82) is 0 Å². The van der Waals surface area contributed by atoms with Crippen LogP contribution in [-0.2, 0) is 16.0 Å². The predicted molar refractivity (Wildman–Crippen MR) is 66.2 cm³/mol. The van der Waals surface area contributed by atoms with Crippen molar-refractivity contribution < 1.29 is 9.59 Å². The van der Waals surface area contributed by atoms with Gasteiger partial charge in [-0.15, -0.1) is 0 Å². The van der Waals surface area contributed by atoms with Gasteiger partial charge in [-0.2, -0.15) is 0 Å². The van der Waals surface area contributed by atoms with Crippen molar-refractivity contribution in [2.45, 2.75) is 12.3 Å². The van der Waals surface area contributed by atoms with Gasteiger partial charge in [0.15, 0.2) is 6.29 Å². The highest BCUT2D eigenvalue weighted by atomic mass is 79.9. The minimum Gasteiger partial charge on any atom is -0.384 e. The number of hydrogen-bond donors (Lipinski definition) is 1. The third kappa shape index (κ3) is 1.89. The number of halogens is 1. The number of aldehydes is 1. The Kier molecular flexibility index (Phi) is 3.39. The Labute approximate surface area is 102 Å². The Morgan fingerprint density at radius 1 is 1.56 bits per heavy atom. The summed E-state index contributed by atoms with van der Waals surface area (Å²) < 4.78 is 0. The number of ketones is 1. The molecule has 0 aromatic heterocycles. The topological polar surface area (TPSA) is 46.2 Å². The smallest absolute Gasteiger partial charge is 0.204 e. The van der Waals surface area contributed by atoms with Crippen LogP contribution in [0.25, 0.3) is 0 Å². The van der Waals surface area contributed by atoms with E-state index >= 15 is 0 Å². The molecular weight excluding hydrogens is 270 g/mol. The molecule has 2 rings (SSSR count). The minimum atomic E-state index is -0.340. The average Bonchev–Trinajstić information content (AvgIpc) is 2.73. The van der Waals surface area contributed by atoms with Gasteiger partial charge in [0, 0.05) is 17.6 Å². The van der Waals surface area contributed by atoms with Gasteiger partial charge < -0.3 is 5.32 Å². The van der Waals surface area contributed by atoms with Gasteiger partial charge in [0.1, 0.15) is 0 Å². The van der Waals surface area contributed by atoms with Crippen molar-refractivity contribution in [3.05, 3.63) is 29.3 Å². The first-order valence-electron chi connectivity index (χ1n) is 5.18. The van der Waals surface area contributed by atoms with Crippen LogP contribution in [0.5, 0.6) is 0 Å². The van der Waals surface area contributed by atoms with Crippen LogP contribution in [0, 0.1) is 0 Å².